The zero-order chi connectivity index (χ0) is 7.72. The van der Waals surface area contributed by atoms with E-state index in [0.717, 1.165) is 6.20 Å². The standard InChI is InChI=1S/C4H6N4O2/c5-3-2(4(6)9)1-7-8(3)10/h1,10H,5H2,(H2,6,9). The SMILES string of the molecule is NC(=O)c1cnn(O)c1N. The lowest BCUT2D eigenvalue weighted by atomic mass is 10.3. The number of carbonyl (C=O) groups excluding carboxylic acids is 1. The molecule has 1 amide bonds. The maximum atomic E-state index is 10.4. The minimum atomic E-state index is -0.710. The van der Waals surface area contributed by atoms with Gasteiger partial charge < -0.3 is 16.7 Å². The molecule has 10 heavy (non-hydrogen) atoms. The molecule has 0 saturated carbocycles. The van der Waals surface area contributed by atoms with Crippen LogP contribution in [-0.4, -0.2) is 21.1 Å². The van der Waals surface area contributed by atoms with Crippen LogP contribution in [-0.2, 0) is 0 Å². The molecule has 0 aliphatic heterocycles. The molecule has 1 aromatic rings. The van der Waals surface area contributed by atoms with Crippen molar-refractivity contribution >= 4 is 11.7 Å². The predicted octanol–water partition coefficient (Wildman–Crippen LogP) is -1.20. The molecule has 1 rings (SSSR count). The van der Waals surface area contributed by atoms with Gasteiger partial charge in [0, 0.05) is 0 Å². The van der Waals surface area contributed by atoms with E-state index in [4.69, 9.17) is 16.7 Å². The number of anilines is 1. The number of aromatic nitrogens is 2. The normalized spacial score (nSPS) is 9.60. The molecule has 5 N–H and O–H groups in total. The van der Waals surface area contributed by atoms with Gasteiger partial charge in [-0.3, -0.25) is 4.79 Å². The van der Waals surface area contributed by atoms with E-state index in [-0.39, 0.29) is 11.4 Å². The van der Waals surface area contributed by atoms with Crippen LogP contribution >= 0.6 is 0 Å². The Kier molecular flexibility index (Phi) is 1.22. The number of amides is 1. The number of primary amides is 1. The molecule has 0 bridgehead atoms. The van der Waals surface area contributed by atoms with Gasteiger partial charge >= 0.3 is 0 Å². The van der Waals surface area contributed by atoms with Crippen LogP contribution in [0.5, 0.6) is 0 Å². The van der Waals surface area contributed by atoms with Crippen molar-refractivity contribution < 1.29 is 10.0 Å². The Morgan fingerprint density at radius 3 is 2.60 bits per heavy atom. The van der Waals surface area contributed by atoms with E-state index in [1.165, 1.54) is 0 Å². The molecule has 0 aromatic carbocycles. The number of rotatable bonds is 1. The van der Waals surface area contributed by atoms with Crippen LogP contribution in [0, 0.1) is 0 Å². The fraction of sp³-hybridized carbons (Fsp3) is 0. The largest absolute Gasteiger partial charge is 0.410 e. The van der Waals surface area contributed by atoms with E-state index in [0.29, 0.717) is 4.85 Å². The van der Waals surface area contributed by atoms with E-state index >= 15 is 0 Å². The van der Waals surface area contributed by atoms with Gasteiger partial charge in [-0.2, -0.15) is 0 Å². The van der Waals surface area contributed by atoms with Crippen LogP contribution in [0.2, 0.25) is 0 Å². The molecule has 1 aromatic heterocycles. The minimum absolute atomic E-state index is 0.0162. The van der Waals surface area contributed by atoms with Crippen LogP contribution in [0.15, 0.2) is 6.20 Å². The molecule has 0 radical (unpaired) electrons. The van der Waals surface area contributed by atoms with E-state index in [1.807, 2.05) is 0 Å². The molecule has 0 aliphatic carbocycles. The number of nitrogens with zero attached hydrogens (tertiary/aromatic N) is 2. The lowest BCUT2D eigenvalue weighted by molar-refractivity contribution is 0.0999. The third-order valence-corrected chi connectivity index (χ3v) is 1.05. The van der Waals surface area contributed by atoms with Gasteiger partial charge in [0.2, 0.25) is 0 Å². The van der Waals surface area contributed by atoms with Gasteiger partial charge in [-0.25, -0.2) is 0 Å². The van der Waals surface area contributed by atoms with Crippen molar-refractivity contribution in [3.63, 3.8) is 0 Å². The Labute approximate surface area is 56.0 Å². The van der Waals surface area contributed by atoms with Crippen molar-refractivity contribution in [1.82, 2.24) is 9.94 Å². The van der Waals surface area contributed by atoms with Crippen LogP contribution in [0.4, 0.5) is 5.82 Å². The molecule has 0 fully saturated rings. The summed E-state index contributed by atoms with van der Waals surface area (Å²) in [7, 11) is 0. The lowest BCUT2D eigenvalue weighted by Gasteiger charge is -1.91. The Bertz CT molecular complexity index is 266. The first-order valence-electron chi connectivity index (χ1n) is 2.45. The summed E-state index contributed by atoms with van der Waals surface area (Å²) in [6, 6.07) is 0. The van der Waals surface area contributed by atoms with Crippen molar-refractivity contribution in [2.75, 3.05) is 5.73 Å². The molecular formula is C4H6N4O2. The topological polar surface area (TPSA) is 107 Å². The molecule has 0 unspecified atom stereocenters. The third kappa shape index (κ3) is 0.750. The average Bonchev–Trinajstić information content (AvgIpc) is 2.14. The van der Waals surface area contributed by atoms with Gasteiger partial charge in [0.25, 0.3) is 5.91 Å². The first-order chi connectivity index (χ1) is 4.63. The molecule has 1 heterocycles. The molecule has 0 spiro atoms. The number of carbonyl (C=O) groups is 1. The summed E-state index contributed by atoms with van der Waals surface area (Å²) in [6.45, 7) is 0. The average molecular weight is 142 g/mol. The van der Waals surface area contributed by atoms with Crippen molar-refractivity contribution in [3.8, 4) is 0 Å². The van der Waals surface area contributed by atoms with Gasteiger partial charge in [0.1, 0.15) is 5.56 Å². The maximum Gasteiger partial charge on any atom is 0.254 e. The van der Waals surface area contributed by atoms with Crippen molar-refractivity contribution in [2.45, 2.75) is 0 Å². The first-order valence-corrected chi connectivity index (χ1v) is 2.45. The lowest BCUT2D eigenvalue weighted by Crippen LogP contribution is -2.13. The van der Waals surface area contributed by atoms with Crippen LogP contribution in [0.3, 0.4) is 0 Å². The van der Waals surface area contributed by atoms with Crippen LogP contribution < -0.4 is 11.5 Å². The summed E-state index contributed by atoms with van der Waals surface area (Å²) in [6.07, 6.45) is 1.09. The minimum Gasteiger partial charge on any atom is -0.410 e. The molecule has 6 heteroatoms. The molecule has 0 saturated heterocycles. The van der Waals surface area contributed by atoms with Gasteiger partial charge in [-0.05, 0) is 0 Å². The summed E-state index contributed by atoms with van der Waals surface area (Å²) in [4.78, 5) is 10.8. The van der Waals surface area contributed by atoms with E-state index < -0.39 is 5.91 Å². The number of hydrogen-bond acceptors (Lipinski definition) is 4. The Hall–Kier alpha value is -1.72. The second-order valence-electron chi connectivity index (χ2n) is 1.70. The summed E-state index contributed by atoms with van der Waals surface area (Å²) in [5.74, 6) is -0.856. The Balaban J connectivity index is 3.17. The first kappa shape index (κ1) is 6.40. The summed E-state index contributed by atoms with van der Waals surface area (Å²) in [5.41, 5.74) is 10.0. The van der Waals surface area contributed by atoms with Crippen molar-refractivity contribution in [1.29, 1.82) is 0 Å². The predicted molar refractivity (Wildman–Crippen MR) is 32.3 cm³/mol. The van der Waals surface area contributed by atoms with Crippen LogP contribution in [0.1, 0.15) is 10.4 Å². The Morgan fingerprint density at radius 2 is 2.40 bits per heavy atom. The molecule has 0 aliphatic rings. The molecule has 6 nitrogen and oxygen atoms in total. The van der Waals surface area contributed by atoms with Crippen LogP contribution in [0.25, 0.3) is 0 Å². The van der Waals surface area contributed by atoms with E-state index in [2.05, 4.69) is 5.10 Å². The number of nitrogens with two attached hydrogens (primary N) is 2. The van der Waals surface area contributed by atoms with Crippen molar-refractivity contribution in [3.05, 3.63) is 11.8 Å². The summed E-state index contributed by atoms with van der Waals surface area (Å²) in [5, 5.41) is 11.9. The van der Waals surface area contributed by atoms with Gasteiger partial charge in [0.15, 0.2) is 5.82 Å². The molecular weight excluding hydrogens is 136 g/mol. The highest BCUT2D eigenvalue weighted by atomic mass is 16.5. The fourth-order valence-corrected chi connectivity index (χ4v) is 0.538. The zero-order valence-electron chi connectivity index (χ0n) is 4.98. The quantitative estimate of drug-likeness (QED) is 0.428. The highest BCUT2D eigenvalue weighted by Crippen LogP contribution is 2.06. The molecule has 0 atom stereocenters. The highest BCUT2D eigenvalue weighted by Gasteiger charge is 2.10. The summed E-state index contributed by atoms with van der Waals surface area (Å²) >= 11 is 0. The third-order valence-electron chi connectivity index (χ3n) is 1.05. The maximum absolute atomic E-state index is 10.4. The second kappa shape index (κ2) is 1.90. The summed E-state index contributed by atoms with van der Waals surface area (Å²) < 4.78 is 0. The van der Waals surface area contributed by atoms with E-state index in [1.54, 1.807) is 0 Å². The van der Waals surface area contributed by atoms with Crippen molar-refractivity contribution in [2.24, 2.45) is 5.73 Å². The highest BCUT2D eigenvalue weighted by molar-refractivity contribution is 5.96. The van der Waals surface area contributed by atoms with Gasteiger partial charge in [0.05, 0.1) is 6.20 Å². The number of nitrogen functional groups attached to an aromatic ring is 1. The smallest absolute Gasteiger partial charge is 0.254 e. The fourth-order valence-electron chi connectivity index (χ4n) is 0.538. The number of hydrogen-bond donors (Lipinski definition) is 3. The van der Waals surface area contributed by atoms with E-state index in [9.17, 15) is 4.79 Å². The zero-order valence-corrected chi connectivity index (χ0v) is 4.98. The Morgan fingerprint density at radius 1 is 1.80 bits per heavy atom. The monoisotopic (exact) mass is 142 g/mol. The molecule has 54 valence electrons. The van der Waals surface area contributed by atoms with Gasteiger partial charge in [-0.1, -0.05) is 4.85 Å². The second-order valence-corrected chi connectivity index (χ2v) is 1.70. The van der Waals surface area contributed by atoms with Gasteiger partial charge in [-0.15, -0.1) is 5.10 Å².